The van der Waals surface area contributed by atoms with Gasteiger partial charge in [-0.15, -0.1) is 0 Å². The molecule has 3 fully saturated rings. The number of ketones is 1. The molecule has 9 atom stereocenters. The third-order valence-electron chi connectivity index (χ3n) is 12.0. The van der Waals surface area contributed by atoms with E-state index in [2.05, 4.69) is 13.2 Å². The molecule has 0 N–H and O–H groups in total. The molecular weight excluding hydrogens is 753 g/mol. The number of rotatable bonds is 11. The second-order valence-corrected chi connectivity index (χ2v) is 17.1. The van der Waals surface area contributed by atoms with Crippen LogP contribution in [0.15, 0.2) is 91.1 Å². The summed E-state index contributed by atoms with van der Waals surface area (Å²) in [4.78, 5) is 28.0. The van der Waals surface area contributed by atoms with Gasteiger partial charge < -0.3 is 42.6 Å². The molecule has 6 bridgehead atoms. The molecule has 4 aliphatic heterocycles. The highest BCUT2D eigenvalue weighted by molar-refractivity contribution is 5.87. The molecule has 11 heteroatoms. The van der Waals surface area contributed by atoms with Crippen LogP contribution >= 0.6 is 0 Å². The van der Waals surface area contributed by atoms with Crippen LogP contribution in [-0.4, -0.2) is 87.4 Å². The molecule has 0 unspecified atom stereocenters. The topological polar surface area (TPSA) is 117 Å². The molecule has 0 radical (unpaired) electrons. The number of hydrogen-bond acceptors (Lipinski definition) is 11. The van der Waals surface area contributed by atoms with Crippen LogP contribution < -0.4 is 4.74 Å². The zero-order chi connectivity index (χ0) is 42.0. The van der Waals surface area contributed by atoms with Gasteiger partial charge in [-0.2, -0.15) is 0 Å². The fourth-order valence-electron chi connectivity index (χ4n) is 8.76. The molecule has 3 saturated heterocycles. The van der Waals surface area contributed by atoms with E-state index in [4.69, 9.17) is 42.6 Å². The number of fused-ring (bicyclic) bond motifs is 6. The number of hydrogen-bond donors (Lipinski definition) is 0. The highest BCUT2D eigenvalue weighted by atomic mass is 16.7. The number of esters is 1. The van der Waals surface area contributed by atoms with Crippen molar-refractivity contribution < 1.29 is 52.2 Å². The van der Waals surface area contributed by atoms with Crippen LogP contribution in [0.25, 0.3) is 0 Å². The Morgan fingerprint density at radius 1 is 0.797 bits per heavy atom. The molecule has 0 aromatic heterocycles. The van der Waals surface area contributed by atoms with Crippen LogP contribution in [-0.2, 0) is 60.7 Å². The molecule has 322 valence electrons. The summed E-state index contributed by atoms with van der Waals surface area (Å²) < 4.78 is 56.4. The Morgan fingerprint density at radius 2 is 1.47 bits per heavy atom. The Kier molecular flexibility index (Phi) is 15.8. The number of carbonyl (C=O) groups excluding carboxylic acids is 2. The first-order chi connectivity index (χ1) is 28.3. The molecule has 4 aliphatic rings. The van der Waals surface area contributed by atoms with Crippen LogP contribution in [0.4, 0.5) is 0 Å². The molecule has 59 heavy (non-hydrogen) atoms. The third-order valence-corrected chi connectivity index (χ3v) is 12.0. The minimum Gasteiger partial charge on any atom is -0.497 e. The summed E-state index contributed by atoms with van der Waals surface area (Å²) in [6, 6.07) is 17.5. The van der Waals surface area contributed by atoms with Gasteiger partial charge in [-0.25, -0.2) is 0 Å². The monoisotopic (exact) mass is 816 g/mol. The van der Waals surface area contributed by atoms with E-state index < -0.39 is 41.6 Å². The second kappa shape index (κ2) is 20.7. The lowest BCUT2D eigenvalue weighted by molar-refractivity contribution is -0.286. The van der Waals surface area contributed by atoms with Gasteiger partial charge in [0.05, 0.1) is 69.5 Å². The number of benzene rings is 2. The molecule has 6 rings (SSSR count). The lowest BCUT2D eigenvalue weighted by Gasteiger charge is -2.47. The summed E-state index contributed by atoms with van der Waals surface area (Å²) in [5, 5.41) is 0. The maximum atomic E-state index is 14.1. The van der Waals surface area contributed by atoms with Gasteiger partial charge >= 0.3 is 5.97 Å². The zero-order valence-corrected chi connectivity index (χ0v) is 35.6. The summed E-state index contributed by atoms with van der Waals surface area (Å²) in [7, 11) is 3.14. The molecule has 0 spiro atoms. The first-order valence-electron chi connectivity index (χ1n) is 21.1. The van der Waals surface area contributed by atoms with Crippen LogP contribution in [0.5, 0.6) is 5.75 Å². The Balaban J connectivity index is 1.27. The van der Waals surface area contributed by atoms with E-state index in [1.165, 1.54) is 7.11 Å². The Hall–Kier alpha value is -3.68. The fourth-order valence-corrected chi connectivity index (χ4v) is 8.76. The van der Waals surface area contributed by atoms with Gasteiger partial charge in [0.2, 0.25) is 5.79 Å². The summed E-state index contributed by atoms with van der Waals surface area (Å²) in [5.41, 5.74) is 3.27. The van der Waals surface area contributed by atoms with Crippen LogP contribution in [0.3, 0.4) is 0 Å². The lowest BCUT2D eigenvalue weighted by atomic mass is 9.76. The number of carbonyl (C=O) groups is 2. The summed E-state index contributed by atoms with van der Waals surface area (Å²) in [5.74, 6) is -1.42. The van der Waals surface area contributed by atoms with Gasteiger partial charge in [0.25, 0.3) is 0 Å². The van der Waals surface area contributed by atoms with Crippen molar-refractivity contribution in [1.29, 1.82) is 0 Å². The van der Waals surface area contributed by atoms with Gasteiger partial charge in [0.1, 0.15) is 18.6 Å². The van der Waals surface area contributed by atoms with E-state index in [0.717, 1.165) is 40.9 Å². The number of methoxy groups -OCH3 is 2. The molecule has 2 aromatic carbocycles. The van der Waals surface area contributed by atoms with Gasteiger partial charge in [-0.05, 0) is 62.3 Å². The third kappa shape index (κ3) is 12.2. The maximum Gasteiger partial charge on any atom is 0.308 e. The standard InChI is InChI=1S/C48H64O11/c1-32-21-38-19-20-47(4,5)48(52-7)45(49)18-17-39(59-48)27-44(34(3)55-31-53-29-35-11-9-8-10-12-35)58-46(50)28-40(54-30-36-13-15-37(51-6)16-14-36)25-41-23-33(2)24-43(57-41)26-42(22-32)56-38/h8-16,19-20,34,38-44H,1-2,17-18,21-31H2,3-7H3/b20-19-/t34-,38+,39+,40+,41+,42+,43-,44-,48-/m1/s1. The van der Waals surface area contributed by atoms with Crippen LogP contribution in [0.1, 0.15) is 96.1 Å². The SMILES string of the molecule is C=C1C[C@@H]2C[C@@H]3CC(=C)C[C@H](/C=C\C(C)(C)[C@]4(OC)O[C@@H](CCC4=O)C[C@H]([C@@H](C)OCOCc4ccccc4)OC(=O)C[C@@H](OCc4ccc(OC)cc4)C[C@H](C1)O2)O3. The minimum absolute atomic E-state index is 0.0118. The van der Waals surface area contributed by atoms with E-state index in [-0.39, 0.29) is 62.9 Å². The van der Waals surface area contributed by atoms with Gasteiger partial charge in [-0.1, -0.05) is 92.8 Å². The van der Waals surface area contributed by atoms with Crippen molar-refractivity contribution in [2.24, 2.45) is 5.41 Å². The van der Waals surface area contributed by atoms with Crippen molar-refractivity contribution in [3.8, 4) is 5.75 Å². The molecule has 11 nitrogen and oxygen atoms in total. The maximum absolute atomic E-state index is 14.1. The van der Waals surface area contributed by atoms with Gasteiger partial charge in [0.15, 0.2) is 5.78 Å². The highest BCUT2D eigenvalue weighted by Gasteiger charge is 2.55. The first kappa shape index (κ1) is 44.9. The number of Topliss-reactive ketones (excluding diaryl/α,β-unsaturated/α-hetero) is 1. The van der Waals surface area contributed by atoms with E-state index in [1.54, 1.807) is 7.11 Å². The number of cyclic esters (lactones) is 1. The largest absolute Gasteiger partial charge is 0.497 e. The van der Waals surface area contributed by atoms with Crippen molar-refractivity contribution >= 4 is 11.8 Å². The van der Waals surface area contributed by atoms with Crippen LogP contribution in [0.2, 0.25) is 0 Å². The number of ether oxygens (including phenoxy) is 9. The second-order valence-electron chi connectivity index (χ2n) is 17.1. The van der Waals surface area contributed by atoms with E-state index in [0.29, 0.717) is 38.7 Å². The molecule has 2 aromatic rings. The molecule has 4 heterocycles. The average molecular weight is 817 g/mol. The molecule has 0 aliphatic carbocycles. The Morgan fingerprint density at radius 3 is 2.19 bits per heavy atom. The van der Waals surface area contributed by atoms with E-state index >= 15 is 0 Å². The molecular formula is C48H64O11. The van der Waals surface area contributed by atoms with Crippen molar-refractivity contribution in [1.82, 2.24) is 0 Å². The normalized spacial score (nSPS) is 31.8. The lowest BCUT2D eigenvalue weighted by Crippen LogP contribution is -2.59. The van der Waals surface area contributed by atoms with Crippen molar-refractivity contribution in [2.75, 3.05) is 21.0 Å². The summed E-state index contributed by atoms with van der Waals surface area (Å²) in [6.07, 6.45) is 5.84. The molecule has 0 saturated carbocycles. The predicted octanol–water partition coefficient (Wildman–Crippen LogP) is 8.53. The van der Waals surface area contributed by atoms with Gasteiger partial charge in [-0.3, -0.25) is 9.59 Å². The molecule has 0 amide bonds. The van der Waals surface area contributed by atoms with Crippen molar-refractivity contribution in [3.05, 3.63) is 102 Å². The van der Waals surface area contributed by atoms with E-state index in [9.17, 15) is 9.59 Å². The quantitative estimate of drug-likeness (QED) is 0.0941. The zero-order valence-electron chi connectivity index (χ0n) is 35.6. The summed E-state index contributed by atoms with van der Waals surface area (Å²) in [6.45, 7) is 15.1. The Bertz CT molecular complexity index is 1740. The van der Waals surface area contributed by atoms with Gasteiger partial charge in [0, 0.05) is 38.2 Å². The smallest absolute Gasteiger partial charge is 0.308 e. The van der Waals surface area contributed by atoms with Crippen molar-refractivity contribution in [2.45, 2.75) is 153 Å². The Labute approximate surface area is 350 Å². The van der Waals surface area contributed by atoms with Crippen LogP contribution in [0, 0.1) is 5.41 Å². The first-order valence-corrected chi connectivity index (χ1v) is 21.1. The fraction of sp³-hybridized carbons (Fsp3) is 0.583. The predicted molar refractivity (Wildman–Crippen MR) is 222 cm³/mol. The summed E-state index contributed by atoms with van der Waals surface area (Å²) >= 11 is 0. The van der Waals surface area contributed by atoms with Crippen molar-refractivity contribution in [3.63, 3.8) is 0 Å². The average Bonchev–Trinajstić information content (AvgIpc) is 3.21. The minimum atomic E-state index is -1.58. The van der Waals surface area contributed by atoms with E-state index in [1.807, 2.05) is 87.5 Å². The highest BCUT2D eigenvalue weighted by Crippen LogP contribution is 2.44.